The highest BCUT2D eigenvalue weighted by molar-refractivity contribution is 9.10. The molecule has 2 heterocycles. The molecule has 7 heteroatoms. The lowest BCUT2D eigenvalue weighted by Crippen LogP contribution is -2.13. The Morgan fingerprint density at radius 3 is 2.59 bits per heavy atom. The summed E-state index contributed by atoms with van der Waals surface area (Å²) in [6.07, 6.45) is 1.55. The van der Waals surface area contributed by atoms with Crippen LogP contribution in [0, 0.1) is 13.8 Å². The first kappa shape index (κ1) is 19.5. The number of hydrogen-bond acceptors (Lipinski definition) is 5. The fraction of sp³-hybridized carbons (Fsp3) is 0.136. The van der Waals surface area contributed by atoms with Gasteiger partial charge in [-0.25, -0.2) is 9.97 Å². The molecule has 2 aromatic carbocycles. The number of halogens is 1. The van der Waals surface area contributed by atoms with Crippen LogP contribution in [0.2, 0.25) is 0 Å². The Balaban J connectivity index is 1.73. The first-order chi connectivity index (χ1) is 14.0. The van der Waals surface area contributed by atoms with E-state index >= 15 is 0 Å². The quantitative estimate of drug-likeness (QED) is 0.395. The average molecular weight is 467 g/mol. The third-order valence-electron chi connectivity index (χ3n) is 4.81. The number of carbonyl (C=O) groups is 1. The Morgan fingerprint density at radius 1 is 1.10 bits per heavy atom. The molecule has 0 saturated carbocycles. The number of anilines is 3. The highest BCUT2D eigenvalue weighted by Crippen LogP contribution is 2.37. The van der Waals surface area contributed by atoms with Crippen molar-refractivity contribution in [2.24, 2.45) is 0 Å². The lowest BCUT2D eigenvalue weighted by atomic mass is 10.1. The predicted molar refractivity (Wildman–Crippen MR) is 123 cm³/mol. The number of amides is 1. The summed E-state index contributed by atoms with van der Waals surface area (Å²) < 4.78 is 0.981. The lowest BCUT2D eigenvalue weighted by Gasteiger charge is -2.19. The van der Waals surface area contributed by atoms with Gasteiger partial charge in [0.1, 0.15) is 17.0 Å². The van der Waals surface area contributed by atoms with Gasteiger partial charge in [0.2, 0.25) is 0 Å². The maximum absolute atomic E-state index is 13.0. The maximum Gasteiger partial charge on any atom is 0.266 e. The molecule has 1 N–H and O–H groups in total. The third kappa shape index (κ3) is 3.75. The monoisotopic (exact) mass is 466 g/mol. The number of para-hydroxylation sites is 1. The molecule has 0 radical (unpaired) electrons. The summed E-state index contributed by atoms with van der Waals surface area (Å²) in [6.45, 7) is 3.92. The molecule has 5 nitrogen and oxygen atoms in total. The molecule has 0 unspecified atom stereocenters. The van der Waals surface area contributed by atoms with Crippen molar-refractivity contribution in [2.75, 3.05) is 17.3 Å². The van der Waals surface area contributed by atoms with E-state index in [0.29, 0.717) is 4.88 Å². The van der Waals surface area contributed by atoms with Crippen LogP contribution in [0.1, 0.15) is 20.8 Å². The molecule has 0 spiro atoms. The first-order valence-electron chi connectivity index (χ1n) is 9.06. The number of fused-ring (bicyclic) bond motifs is 1. The van der Waals surface area contributed by atoms with Gasteiger partial charge < -0.3 is 10.2 Å². The van der Waals surface area contributed by atoms with E-state index in [0.717, 1.165) is 43.0 Å². The Bertz CT molecular complexity index is 1210. The summed E-state index contributed by atoms with van der Waals surface area (Å²) in [7, 11) is 1.97. The second kappa shape index (κ2) is 7.93. The minimum Gasteiger partial charge on any atom is -0.329 e. The summed E-state index contributed by atoms with van der Waals surface area (Å²) in [6, 6.07) is 15.8. The van der Waals surface area contributed by atoms with Gasteiger partial charge in [-0.3, -0.25) is 4.79 Å². The van der Waals surface area contributed by atoms with E-state index in [1.807, 2.05) is 74.3 Å². The number of carbonyl (C=O) groups excluding carboxylic acids is 1. The summed E-state index contributed by atoms with van der Waals surface area (Å²) in [4.78, 5) is 25.4. The van der Waals surface area contributed by atoms with Crippen LogP contribution in [0.3, 0.4) is 0 Å². The van der Waals surface area contributed by atoms with Gasteiger partial charge in [0.15, 0.2) is 0 Å². The van der Waals surface area contributed by atoms with E-state index in [2.05, 4.69) is 31.2 Å². The zero-order valence-corrected chi connectivity index (χ0v) is 18.6. The van der Waals surface area contributed by atoms with Crippen molar-refractivity contribution in [2.45, 2.75) is 13.8 Å². The third-order valence-corrected chi connectivity index (χ3v) is 6.50. The minimum absolute atomic E-state index is 0.135. The number of thiophene rings is 1. The zero-order chi connectivity index (χ0) is 20.5. The van der Waals surface area contributed by atoms with E-state index in [4.69, 9.17) is 0 Å². The van der Waals surface area contributed by atoms with Crippen LogP contribution in [-0.2, 0) is 0 Å². The SMILES string of the molecule is Cc1cc(Br)ccc1NC(=O)c1sc2ncnc(N(C)c3ccccc3)c2c1C. The molecule has 2 aromatic heterocycles. The fourth-order valence-electron chi connectivity index (χ4n) is 3.24. The number of rotatable bonds is 4. The van der Waals surface area contributed by atoms with E-state index in [1.165, 1.54) is 11.3 Å². The molecule has 0 bridgehead atoms. The van der Waals surface area contributed by atoms with Gasteiger partial charge in [-0.05, 0) is 55.3 Å². The molecule has 0 atom stereocenters. The summed E-state index contributed by atoms with van der Waals surface area (Å²) in [5, 5.41) is 3.93. The normalized spacial score (nSPS) is 10.9. The number of aryl methyl sites for hydroxylation is 2. The van der Waals surface area contributed by atoms with Gasteiger partial charge in [-0.2, -0.15) is 0 Å². The van der Waals surface area contributed by atoms with Crippen molar-refractivity contribution in [1.29, 1.82) is 0 Å². The molecule has 0 saturated heterocycles. The second-order valence-electron chi connectivity index (χ2n) is 6.74. The van der Waals surface area contributed by atoms with Crippen molar-refractivity contribution in [3.05, 3.63) is 75.3 Å². The van der Waals surface area contributed by atoms with Crippen LogP contribution >= 0.6 is 27.3 Å². The van der Waals surface area contributed by atoms with Crippen LogP contribution in [0.4, 0.5) is 17.2 Å². The van der Waals surface area contributed by atoms with Gasteiger partial charge >= 0.3 is 0 Å². The Labute approximate surface area is 181 Å². The molecule has 1 amide bonds. The Morgan fingerprint density at radius 2 is 1.86 bits per heavy atom. The largest absolute Gasteiger partial charge is 0.329 e. The van der Waals surface area contributed by atoms with Crippen LogP contribution in [0.15, 0.2) is 59.3 Å². The van der Waals surface area contributed by atoms with Crippen molar-refractivity contribution in [3.63, 3.8) is 0 Å². The van der Waals surface area contributed by atoms with Crippen molar-refractivity contribution in [1.82, 2.24) is 9.97 Å². The summed E-state index contributed by atoms with van der Waals surface area (Å²) in [5.41, 5.74) is 3.70. The lowest BCUT2D eigenvalue weighted by molar-refractivity contribution is 0.103. The van der Waals surface area contributed by atoms with E-state index in [9.17, 15) is 4.79 Å². The molecule has 0 aliphatic rings. The smallest absolute Gasteiger partial charge is 0.266 e. The van der Waals surface area contributed by atoms with Crippen LogP contribution < -0.4 is 10.2 Å². The Kier molecular flexibility index (Phi) is 5.34. The fourth-order valence-corrected chi connectivity index (χ4v) is 4.76. The highest BCUT2D eigenvalue weighted by Gasteiger charge is 2.21. The molecule has 4 rings (SSSR count). The van der Waals surface area contributed by atoms with Gasteiger partial charge in [0.25, 0.3) is 5.91 Å². The summed E-state index contributed by atoms with van der Waals surface area (Å²) in [5.74, 6) is 0.651. The first-order valence-corrected chi connectivity index (χ1v) is 10.7. The van der Waals surface area contributed by atoms with Gasteiger partial charge in [0.05, 0.1) is 10.3 Å². The molecule has 4 aromatic rings. The average Bonchev–Trinajstić information content (AvgIpc) is 3.07. The van der Waals surface area contributed by atoms with Crippen LogP contribution in [0.25, 0.3) is 10.2 Å². The Hall–Kier alpha value is -2.77. The molecule has 146 valence electrons. The van der Waals surface area contributed by atoms with Gasteiger partial charge in [-0.1, -0.05) is 34.1 Å². The van der Waals surface area contributed by atoms with Crippen LogP contribution in [-0.4, -0.2) is 22.9 Å². The number of hydrogen-bond donors (Lipinski definition) is 1. The molecule has 0 aliphatic carbocycles. The molecular formula is C22H19BrN4OS. The number of benzene rings is 2. The van der Waals surface area contributed by atoms with Crippen molar-refractivity contribution in [3.8, 4) is 0 Å². The topological polar surface area (TPSA) is 58.1 Å². The minimum atomic E-state index is -0.135. The molecular weight excluding hydrogens is 448 g/mol. The number of nitrogens with zero attached hydrogens (tertiary/aromatic N) is 3. The van der Waals surface area contributed by atoms with E-state index in [-0.39, 0.29) is 5.91 Å². The predicted octanol–water partition coefficient (Wildman–Crippen LogP) is 6.09. The van der Waals surface area contributed by atoms with Gasteiger partial charge in [0, 0.05) is 22.9 Å². The standard InChI is InChI=1S/C22H19BrN4OS/c1-13-11-15(23)9-10-17(13)26-21(28)19-14(2)18-20(24-12-25-22(18)29-19)27(3)16-7-5-4-6-8-16/h4-12H,1-3H3,(H,26,28). The second-order valence-corrected chi connectivity index (χ2v) is 8.66. The molecule has 29 heavy (non-hydrogen) atoms. The molecule has 0 aliphatic heterocycles. The zero-order valence-electron chi connectivity index (χ0n) is 16.2. The van der Waals surface area contributed by atoms with E-state index < -0.39 is 0 Å². The molecule has 0 fully saturated rings. The van der Waals surface area contributed by atoms with E-state index in [1.54, 1.807) is 6.33 Å². The van der Waals surface area contributed by atoms with Crippen molar-refractivity contribution >= 4 is 60.6 Å². The van der Waals surface area contributed by atoms with Crippen LogP contribution in [0.5, 0.6) is 0 Å². The van der Waals surface area contributed by atoms with Gasteiger partial charge in [-0.15, -0.1) is 11.3 Å². The number of aromatic nitrogens is 2. The number of nitrogens with one attached hydrogen (secondary N) is 1. The highest BCUT2D eigenvalue weighted by atomic mass is 79.9. The maximum atomic E-state index is 13.0. The van der Waals surface area contributed by atoms with Crippen molar-refractivity contribution < 1.29 is 4.79 Å². The summed E-state index contributed by atoms with van der Waals surface area (Å²) >= 11 is 4.84.